The molecule has 72 valence electrons. The van der Waals surface area contributed by atoms with E-state index in [9.17, 15) is 9.50 Å². The number of aliphatic hydroxyl groups excluding tert-OH is 1. The van der Waals surface area contributed by atoms with Crippen LogP contribution in [-0.4, -0.2) is 5.11 Å². The number of hydrogen-bond acceptors (Lipinski definition) is 1. The van der Waals surface area contributed by atoms with Crippen LogP contribution in [0, 0.1) is 5.82 Å². The summed E-state index contributed by atoms with van der Waals surface area (Å²) in [4.78, 5) is 0. The normalized spacial score (nSPS) is 12.8. The van der Waals surface area contributed by atoms with Gasteiger partial charge in [-0.2, -0.15) is 0 Å². The molecule has 0 spiro atoms. The fourth-order valence-corrected chi connectivity index (χ4v) is 1.25. The van der Waals surface area contributed by atoms with Crippen LogP contribution in [0.25, 0.3) is 0 Å². The van der Waals surface area contributed by atoms with Crippen LogP contribution in [0.3, 0.4) is 0 Å². The Balaban J connectivity index is 2.55. The molecule has 0 bridgehead atoms. The Labute approximate surface area is 78.2 Å². The fourth-order valence-electron chi connectivity index (χ4n) is 1.25. The van der Waals surface area contributed by atoms with Crippen LogP contribution in [0.5, 0.6) is 0 Å². The SMILES string of the molecule is CCCC[C@H](O)c1ccc(F)cc1. The highest BCUT2D eigenvalue weighted by atomic mass is 19.1. The van der Waals surface area contributed by atoms with Crippen LogP contribution >= 0.6 is 0 Å². The van der Waals surface area contributed by atoms with E-state index < -0.39 is 6.10 Å². The molecule has 0 fully saturated rings. The molecule has 13 heavy (non-hydrogen) atoms. The smallest absolute Gasteiger partial charge is 0.123 e. The monoisotopic (exact) mass is 182 g/mol. The van der Waals surface area contributed by atoms with Gasteiger partial charge in [0.1, 0.15) is 5.82 Å². The number of hydrogen-bond donors (Lipinski definition) is 1. The maximum absolute atomic E-state index is 12.5. The van der Waals surface area contributed by atoms with Crippen LogP contribution in [0.4, 0.5) is 4.39 Å². The van der Waals surface area contributed by atoms with Gasteiger partial charge in [0.05, 0.1) is 6.10 Å². The lowest BCUT2D eigenvalue weighted by Crippen LogP contribution is -1.96. The van der Waals surface area contributed by atoms with E-state index in [4.69, 9.17) is 0 Å². The first-order chi connectivity index (χ1) is 6.24. The standard InChI is InChI=1S/C11H15FO/c1-2-3-4-11(13)9-5-7-10(12)8-6-9/h5-8,11,13H,2-4H2,1H3/t11-/m0/s1. The highest BCUT2D eigenvalue weighted by Gasteiger charge is 2.05. The van der Waals surface area contributed by atoms with Crippen LogP contribution in [0.15, 0.2) is 24.3 Å². The Kier molecular flexibility index (Phi) is 3.90. The largest absolute Gasteiger partial charge is 0.388 e. The van der Waals surface area contributed by atoms with E-state index >= 15 is 0 Å². The van der Waals surface area contributed by atoms with Crippen LogP contribution in [-0.2, 0) is 0 Å². The first-order valence-corrected chi connectivity index (χ1v) is 4.67. The molecule has 1 atom stereocenters. The van der Waals surface area contributed by atoms with Crippen molar-refractivity contribution in [3.63, 3.8) is 0 Å². The molecule has 0 saturated heterocycles. The van der Waals surface area contributed by atoms with Gasteiger partial charge in [0.2, 0.25) is 0 Å². The first kappa shape index (κ1) is 10.2. The Morgan fingerprint density at radius 2 is 1.92 bits per heavy atom. The van der Waals surface area contributed by atoms with Crippen molar-refractivity contribution in [2.45, 2.75) is 32.3 Å². The number of rotatable bonds is 4. The van der Waals surface area contributed by atoms with Crippen molar-refractivity contribution < 1.29 is 9.50 Å². The zero-order valence-electron chi connectivity index (χ0n) is 7.83. The minimum atomic E-state index is -0.444. The average molecular weight is 182 g/mol. The second-order valence-electron chi connectivity index (χ2n) is 3.21. The van der Waals surface area contributed by atoms with Crippen molar-refractivity contribution in [3.8, 4) is 0 Å². The van der Waals surface area contributed by atoms with Crippen molar-refractivity contribution in [3.05, 3.63) is 35.6 Å². The van der Waals surface area contributed by atoms with Gasteiger partial charge in [-0.1, -0.05) is 31.9 Å². The molecular formula is C11H15FO. The summed E-state index contributed by atoms with van der Waals surface area (Å²) < 4.78 is 12.5. The summed E-state index contributed by atoms with van der Waals surface area (Å²) >= 11 is 0. The second-order valence-corrected chi connectivity index (χ2v) is 3.21. The van der Waals surface area contributed by atoms with E-state index in [2.05, 4.69) is 6.92 Å². The van der Waals surface area contributed by atoms with Crippen LogP contribution in [0.1, 0.15) is 37.9 Å². The molecule has 0 aliphatic carbocycles. The summed E-state index contributed by atoms with van der Waals surface area (Å²) in [5.41, 5.74) is 0.801. The van der Waals surface area contributed by atoms with Gasteiger partial charge in [-0.3, -0.25) is 0 Å². The molecule has 1 N–H and O–H groups in total. The number of halogens is 1. The molecule has 0 saturated carbocycles. The Morgan fingerprint density at radius 3 is 2.46 bits per heavy atom. The van der Waals surface area contributed by atoms with Gasteiger partial charge in [-0.25, -0.2) is 4.39 Å². The Bertz CT molecular complexity index is 243. The van der Waals surface area contributed by atoms with Gasteiger partial charge in [0.15, 0.2) is 0 Å². The molecule has 1 aromatic rings. The van der Waals surface area contributed by atoms with E-state index in [-0.39, 0.29) is 5.82 Å². The van der Waals surface area contributed by atoms with E-state index in [0.717, 1.165) is 24.8 Å². The Hall–Kier alpha value is -0.890. The highest BCUT2D eigenvalue weighted by Crippen LogP contribution is 2.18. The molecule has 0 unspecified atom stereocenters. The minimum Gasteiger partial charge on any atom is -0.388 e. The number of benzene rings is 1. The van der Waals surface area contributed by atoms with Crippen molar-refractivity contribution in [2.75, 3.05) is 0 Å². The average Bonchev–Trinajstić information content (AvgIpc) is 2.15. The molecule has 0 amide bonds. The zero-order chi connectivity index (χ0) is 9.68. The van der Waals surface area contributed by atoms with Crippen LogP contribution in [0.2, 0.25) is 0 Å². The molecule has 1 aromatic carbocycles. The lowest BCUT2D eigenvalue weighted by Gasteiger charge is -2.09. The molecule has 0 aliphatic rings. The van der Waals surface area contributed by atoms with Gasteiger partial charge in [0, 0.05) is 0 Å². The summed E-state index contributed by atoms with van der Waals surface area (Å²) in [6.45, 7) is 2.08. The van der Waals surface area contributed by atoms with Gasteiger partial charge in [-0.15, -0.1) is 0 Å². The minimum absolute atomic E-state index is 0.258. The topological polar surface area (TPSA) is 20.2 Å². The predicted octanol–water partition coefficient (Wildman–Crippen LogP) is 3.05. The lowest BCUT2D eigenvalue weighted by molar-refractivity contribution is 0.164. The van der Waals surface area contributed by atoms with Gasteiger partial charge in [0.25, 0.3) is 0 Å². The number of unbranched alkanes of at least 4 members (excludes halogenated alkanes) is 1. The quantitative estimate of drug-likeness (QED) is 0.758. The molecule has 2 heteroatoms. The molecule has 1 rings (SSSR count). The maximum atomic E-state index is 12.5. The van der Waals surface area contributed by atoms with Gasteiger partial charge in [-0.05, 0) is 24.1 Å². The lowest BCUT2D eigenvalue weighted by atomic mass is 10.0. The summed E-state index contributed by atoms with van der Waals surface area (Å²) in [5, 5.41) is 9.62. The predicted molar refractivity (Wildman–Crippen MR) is 50.9 cm³/mol. The second kappa shape index (κ2) is 4.97. The first-order valence-electron chi connectivity index (χ1n) is 4.67. The zero-order valence-corrected chi connectivity index (χ0v) is 7.83. The summed E-state index contributed by atoms with van der Waals surface area (Å²) in [5.74, 6) is -0.258. The van der Waals surface area contributed by atoms with Crippen molar-refractivity contribution in [2.24, 2.45) is 0 Å². The van der Waals surface area contributed by atoms with Crippen molar-refractivity contribution >= 4 is 0 Å². The molecule has 0 aromatic heterocycles. The fraction of sp³-hybridized carbons (Fsp3) is 0.455. The summed E-state index contributed by atoms with van der Waals surface area (Å²) in [6.07, 6.45) is 2.37. The summed E-state index contributed by atoms with van der Waals surface area (Å²) in [6, 6.07) is 6.03. The highest BCUT2D eigenvalue weighted by molar-refractivity contribution is 5.18. The third kappa shape index (κ3) is 3.15. The summed E-state index contributed by atoms with van der Waals surface area (Å²) in [7, 11) is 0. The molecular weight excluding hydrogens is 167 g/mol. The number of aliphatic hydroxyl groups is 1. The van der Waals surface area contributed by atoms with E-state index in [1.165, 1.54) is 12.1 Å². The van der Waals surface area contributed by atoms with Gasteiger partial charge >= 0.3 is 0 Å². The van der Waals surface area contributed by atoms with E-state index in [1.54, 1.807) is 12.1 Å². The molecule has 0 aliphatic heterocycles. The maximum Gasteiger partial charge on any atom is 0.123 e. The van der Waals surface area contributed by atoms with Gasteiger partial charge < -0.3 is 5.11 Å². The van der Waals surface area contributed by atoms with Crippen molar-refractivity contribution in [1.82, 2.24) is 0 Å². The third-order valence-corrected chi connectivity index (χ3v) is 2.09. The third-order valence-electron chi connectivity index (χ3n) is 2.09. The van der Waals surface area contributed by atoms with E-state index in [1.807, 2.05) is 0 Å². The molecule has 0 heterocycles. The molecule has 0 radical (unpaired) electrons. The van der Waals surface area contributed by atoms with Crippen molar-refractivity contribution in [1.29, 1.82) is 0 Å². The van der Waals surface area contributed by atoms with Crippen LogP contribution < -0.4 is 0 Å². The van der Waals surface area contributed by atoms with E-state index in [0.29, 0.717) is 0 Å². The Morgan fingerprint density at radius 1 is 1.31 bits per heavy atom. The molecule has 1 nitrogen and oxygen atoms in total.